The molecule has 3 heterocycles. The zero-order chi connectivity index (χ0) is 19.3. The van der Waals surface area contributed by atoms with Crippen LogP contribution in [0, 0.1) is 5.92 Å². The van der Waals surface area contributed by atoms with Gasteiger partial charge in [0, 0.05) is 30.9 Å². The van der Waals surface area contributed by atoms with E-state index in [1.807, 2.05) is 37.6 Å². The van der Waals surface area contributed by atoms with Gasteiger partial charge in [0.2, 0.25) is 0 Å². The van der Waals surface area contributed by atoms with Gasteiger partial charge in [-0.15, -0.1) is 0 Å². The molecular weight excluding hydrogens is 354 g/mol. The van der Waals surface area contributed by atoms with E-state index >= 15 is 0 Å². The molecule has 5 rings (SSSR count). The minimum Gasteiger partial charge on any atom is -0.487 e. The van der Waals surface area contributed by atoms with E-state index < -0.39 is 6.23 Å². The van der Waals surface area contributed by atoms with E-state index in [1.54, 1.807) is 11.0 Å². The van der Waals surface area contributed by atoms with Gasteiger partial charge in [0.15, 0.2) is 11.9 Å². The number of aromatic nitrogens is 3. The van der Waals surface area contributed by atoms with E-state index in [0.29, 0.717) is 0 Å². The molecule has 0 saturated heterocycles. The van der Waals surface area contributed by atoms with E-state index in [9.17, 15) is 5.11 Å². The van der Waals surface area contributed by atoms with Crippen LogP contribution in [0.1, 0.15) is 18.4 Å². The van der Waals surface area contributed by atoms with Gasteiger partial charge in [0.25, 0.3) is 0 Å². The Morgan fingerprint density at radius 2 is 2.21 bits per heavy atom. The molecule has 1 aliphatic carbocycles. The molecule has 7 nitrogen and oxygen atoms in total. The Balaban J connectivity index is 1.49. The average molecular weight is 377 g/mol. The molecule has 144 valence electrons. The summed E-state index contributed by atoms with van der Waals surface area (Å²) in [5.74, 6) is 2.22. The first-order chi connectivity index (χ1) is 13.6. The molecule has 7 heteroatoms. The quantitative estimate of drug-likeness (QED) is 0.710. The van der Waals surface area contributed by atoms with Crippen LogP contribution in [0.25, 0.3) is 17.2 Å². The summed E-state index contributed by atoms with van der Waals surface area (Å²) in [5.41, 5.74) is 4.39. The summed E-state index contributed by atoms with van der Waals surface area (Å²) in [6, 6.07) is 7.83. The Morgan fingerprint density at radius 3 is 3.00 bits per heavy atom. The van der Waals surface area contributed by atoms with Crippen molar-refractivity contribution in [3.63, 3.8) is 0 Å². The monoisotopic (exact) mass is 377 g/mol. The molecule has 2 N–H and O–H groups in total. The van der Waals surface area contributed by atoms with Gasteiger partial charge in [-0.3, -0.25) is 0 Å². The lowest BCUT2D eigenvalue weighted by atomic mass is 10.2. The van der Waals surface area contributed by atoms with Crippen LogP contribution in [-0.4, -0.2) is 39.5 Å². The number of ether oxygens (including phenoxy) is 1. The van der Waals surface area contributed by atoms with Gasteiger partial charge >= 0.3 is 0 Å². The molecule has 1 aromatic carbocycles. The second-order valence-electron chi connectivity index (χ2n) is 7.52. The van der Waals surface area contributed by atoms with Crippen LogP contribution in [-0.2, 0) is 6.54 Å². The van der Waals surface area contributed by atoms with Gasteiger partial charge < -0.3 is 24.6 Å². The fourth-order valence-electron chi connectivity index (χ4n) is 3.54. The predicted octanol–water partition coefficient (Wildman–Crippen LogP) is 3.37. The highest BCUT2D eigenvalue weighted by Gasteiger charge is 2.24. The molecule has 0 bridgehead atoms. The molecule has 1 fully saturated rings. The van der Waals surface area contributed by atoms with Gasteiger partial charge in [0.1, 0.15) is 23.7 Å². The lowest BCUT2D eigenvalue weighted by Gasteiger charge is -2.32. The SMILES string of the molecule is C=Cc1cc2ncn(CC3CC3)c2nc1Nc1ccc2c(c1)OCC(O)N2C. The second-order valence-corrected chi connectivity index (χ2v) is 7.52. The molecule has 1 atom stereocenters. The molecule has 2 aromatic heterocycles. The van der Waals surface area contributed by atoms with Crippen molar-refractivity contribution in [3.05, 3.63) is 42.7 Å². The number of likely N-dealkylation sites (N-methyl/N-ethyl adjacent to an activating group) is 1. The number of hydrogen-bond donors (Lipinski definition) is 2. The van der Waals surface area contributed by atoms with Crippen molar-refractivity contribution in [1.82, 2.24) is 14.5 Å². The van der Waals surface area contributed by atoms with E-state index in [1.165, 1.54) is 12.8 Å². The number of hydrogen-bond acceptors (Lipinski definition) is 6. The number of aliphatic hydroxyl groups excluding tert-OH is 1. The minimum absolute atomic E-state index is 0.245. The highest BCUT2D eigenvalue weighted by Crippen LogP contribution is 2.36. The predicted molar refractivity (Wildman–Crippen MR) is 110 cm³/mol. The van der Waals surface area contributed by atoms with Gasteiger partial charge in [-0.25, -0.2) is 9.97 Å². The molecule has 28 heavy (non-hydrogen) atoms. The van der Waals surface area contributed by atoms with Crippen molar-refractivity contribution in [1.29, 1.82) is 0 Å². The maximum atomic E-state index is 9.93. The van der Waals surface area contributed by atoms with E-state index in [0.717, 1.165) is 52.1 Å². The van der Waals surface area contributed by atoms with Crippen LogP contribution in [0.2, 0.25) is 0 Å². The second kappa shape index (κ2) is 6.53. The molecule has 2 aliphatic rings. The van der Waals surface area contributed by atoms with Crippen molar-refractivity contribution in [2.45, 2.75) is 25.6 Å². The fraction of sp³-hybridized carbons (Fsp3) is 0.333. The topological polar surface area (TPSA) is 75.4 Å². The number of aliphatic hydroxyl groups is 1. The maximum absolute atomic E-state index is 9.93. The summed E-state index contributed by atoms with van der Waals surface area (Å²) in [5, 5.41) is 13.3. The molecule has 1 unspecified atom stereocenters. The van der Waals surface area contributed by atoms with Gasteiger partial charge in [-0.2, -0.15) is 0 Å². The molecule has 1 aliphatic heterocycles. The third kappa shape index (κ3) is 2.97. The smallest absolute Gasteiger partial charge is 0.162 e. The number of rotatable bonds is 5. The molecule has 3 aromatic rings. The normalized spacial score (nSPS) is 18.6. The standard InChI is InChI=1S/C21H23N5O2/c1-3-14-8-16-21(26(12-22-16)10-13-4-5-13)24-20(14)23-15-6-7-17-18(9-15)28-11-19(27)25(17)2/h3,6-9,12-13,19,27H,1,4-5,10-11H2,2H3,(H,23,24). The Bertz CT molecular complexity index is 1060. The molecular formula is C21H23N5O2. The van der Waals surface area contributed by atoms with E-state index in [2.05, 4.69) is 21.4 Å². The average Bonchev–Trinajstić information content (AvgIpc) is 3.44. The highest BCUT2D eigenvalue weighted by atomic mass is 16.5. The van der Waals surface area contributed by atoms with E-state index in [-0.39, 0.29) is 6.61 Å². The minimum atomic E-state index is -0.630. The number of nitrogens with zero attached hydrogens (tertiary/aromatic N) is 4. The fourth-order valence-corrected chi connectivity index (χ4v) is 3.54. The third-order valence-electron chi connectivity index (χ3n) is 5.43. The van der Waals surface area contributed by atoms with Crippen molar-refractivity contribution >= 4 is 34.4 Å². The maximum Gasteiger partial charge on any atom is 0.162 e. The summed E-state index contributed by atoms with van der Waals surface area (Å²) in [6.45, 7) is 5.14. The first-order valence-corrected chi connectivity index (χ1v) is 9.55. The molecule has 1 saturated carbocycles. The lowest BCUT2D eigenvalue weighted by molar-refractivity contribution is 0.0956. The Morgan fingerprint density at radius 1 is 1.36 bits per heavy atom. The number of benzene rings is 1. The number of pyridine rings is 1. The first-order valence-electron chi connectivity index (χ1n) is 9.55. The van der Waals surface area contributed by atoms with Crippen LogP contribution in [0.5, 0.6) is 5.75 Å². The van der Waals surface area contributed by atoms with Gasteiger partial charge in [0.05, 0.1) is 12.0 Å². The summed E-state index contributed by atoms with van der Waals surface area (Å²) < 4.78 is 7.82. The zero-order valence-corrected chi connectivity index (χ0v) is 15.8. The summed E-state index contributed by atoms with van der Waals surface area (Å²) in [7, 11) is 1.85. The van der Waals surface area contributed by atoms with Gasteiger partial charge in [-0.05, 0) is 37.0 Å². The van der Waals surface area contributed by atoms with Crippen LogP contribution < -0.4 is 15.0 Å². The lowest BCUT2D eigenvalue weighted by Crippen LogP contribution is -2.40. The Labute approximate surface area is 163 Å². The van der Waals surface area contributed by atoms with Crippen molar-refractivity contribution < 1.29 is 9.84 Å². The largest absolute Gasteiger partial charge is 0.487 e. The van der Waals surface area contributed by atoms with Crippen LogP contribution in [0.15, 0.2) is 37.2 Å². The zero-order valence-electron chi connectivity index (χ0n) is 15.8. The van der Waals surface area contributed by atoms with Crippen LogP contribution >= 0.6 is 0 Å². The third-order valence-corrected chi connectivity index (χ3v) is 5.43. The summed E-state index contributed by atoms with van der Waals surface area (Å²) in [6.07, 6.45) is 5.60. The van der Waals surface area contributed by atoms with Crippen LogP contribution in [0.4, 0.5) is 17.2 Å². The van der Waals surface area contributed by atoms with E-state index in [4.69, 9.17) is 9.72 Å². The number of fused-ring (bicyclic) bond motifs is 2. The van der Waals surface area contributed by atoms with Gasteiger partial charge in [-0.1, -0.05) is 12.7 Å². The number of nitrogens with one attached hydrogen (secondary N) is 1. The van der Waals surface area contributed by atoms with Crippen molar-refractivity contribution in [3.8, 4) is 5.75 Å². The van der Waals surface area contributed by atoms with Crippen LogP contribution in [0.3, 0.4) is 0 Å². The molecule has 0 spiro atoms. The van der Waals surface area contributed by atoms with Crippen molar-refractivity contribution in [2.24, 2.45) is 5.92 Å². The Hall–Kier alpha value is -3.06. The molecule has 0 radical (unpaired) electrons. The first kappa shape index (κ1) is 17.1. The summed E-state index contributed by atoms with van der Waals surface area (Å²) >= 11 is 0. The highest BCUT2D eigenvalue weighted by molar-refractivity contribution is 5.81. The number of imidazole rings is 1. The summed E-state index contributed by atoms with van der Waals surface area (Å²) in [4.78, 5) is 11.2. The van der Waals surface area contributed by atoms with Crippen molar-refractivity contribution in [2.75, 3.05) is 23.9 Å². The molecule has 0 amide bonds. The Kier molecular flexibility index (Phi) is 3.98. The number of anilines is 3.